The number of nitrogens with two attached hydrogens (primary N) is 1. The quantitative estimate of drug-likeness (QED) is 0.817. The summed E-state index contributed by atoms with van der Waals surface area (Å²) in [5.74, 6) is 6.44. The van der Waals surface area contributed by atoms with Crippen LogP contribution in [0.15, 0.2) is 24.3 Å². The van der Waals surface area contributed by atoms with Gasteiger partial charge in [0.2, 0.25) is 0 Å². The normalized spacial score (nSPS) is 10.1. The first-order valence-corrected chi connectivity index (χ1v) is 7.74. The first-order chi connectivity index (χ1) is 10.2. The van der Waals surface area contributed by atoms with Crippen molar-refractivity contribution in [3.8, 4) is 11.8 Å². The number of carbonyl (C=O) groups is 1. The average Bonchev–Trinajstić information content (AvgIpc) is 2.54. The van der Waals surface area contributed by atoms with Crippen LogP contribution in [-0.4, -0.2) is 30.4 Å². The van der Waals surface area contributed by atoms with Gasteiger partial charge in [-0.3, -0.25) is 4.79 Å². The smallest absolute Gasteiger partial charge is 0.253 e. The van der Waals surface area contributed by atoms with Gasteiger partial charge in [0.1, 0.15) is 0 Å². The molecule has 0 atom stereocenters. The maximum absolute atomic E-state index is 12.6. The van der Waals surface area contributed by atoms with Crippen LogP contribution in [0.2, 0.25) is 0 Å². The van der Waals surface area contributed by atoms with Crippen LogP contribution in [-0.2, 0) is 0 Å². The lowest BCUT2D eigenvalue weighted by atomic mass is 10.0. The van der Waals surface area contributed by atoms with Crippen LogP contribution in [0.25, 0.3) is 0 Å². The predicted molar refractivity (Wildman–Crippen MR) is 88.0 cm³/mol. The van der Waals surface area contributed by atoms with Gasteiger partial charge in [0.25, 0.3) is 5.91 Å². The van der Waals surface area contributed by atoms with Gasteiger partial charge < -0.3 is 10.6 Å². The Bertz CT molecular complexity index is 509. The molecule has 1 aromatic carbocycles. The fraction of sp³-hybridized carbons (Fsp3) is 0.500. The van der Waals surface area contributed by atoms with E-state index in [-0.39, 0.29) is 5.91 Å². The highest BCUT2D eigenvalue weighted by atomic mass is 16.2. The van der Waals surface area contributed by atoms with Crippen LogP contribution in [0.4, 0.5) is 0 Å². The Morgan fingerprint density at radius 3 is 2.57 bits per heavy atom. The molecular formula is C18H26N2O. The van der Waals surface area contributed by atoms with Crippen molar-refractivity contribution >= 4 is 5.91 Å². The first kappa shape index (κ1) is 17.3. The summed E-state index contributed by atoms with van der Waals surface area (Å²) in [6.45, 7) is 8.26. The van der Waals surface area contributed by atoms with Crippen molar-refractivity contribution in [1.82, 2.24) is 4.90 Å². The van der Waals surface area contributed by atoms with Crippen molar-refractivity contribution in [3.63, 3.8) is 0 Å². The van der Waals surface area contributed by atoms with Gasteiger partial charge in [0, 0.05) is 24.2 Å². The second-order valence-corrected chi connectivity index (χ2v) is 5.11. The van der Waals surface area contributed by atoms with E-state index < -0.39 is 0 Å². The van der Waals surface area contributed by atoms with Crippen LogP contribution in [0, 0.1) is 17.8 Å². The van der Waals surface area contributed by atoms with Crippen molar-refractivity contribution in [2.75, 3.05) is 19.6 Å². The number of hydrogen-bond donors (Lipinski definition) is 1. The zero-order valence-corrected chi connectivity index (χ0v) is 13.4. The minimum Gasteiger partial charge on any atom is -0.339 e. The Hall–Kier alpha value is -1.79. The Kier molecular flexibility index (Phi) is 7.56. The maximum Gasteiger partial charge on any atom is 0.253 e. The molecule has 1 aromatic rings. The second-order valence-electron chi connectivity index (χ2n) is 5.11. The fourth-order valence-electron chi connectivity index (χ4n) is 2.28. The highest BCUT2D eigenvalue weighted by molar-refractivity contribution is 5.94. The zero-order chi connectivity index (χ0) is 15.7. The maximum atomic E-state index is 12.6. The molecule has 1 rings (SSSR count). The molecule has 21 heavy (non-hydrogen) atoms. The van der Waals surface area contributed by atoms with Crippen molar-refractivity contribution in [2.45, 2.75) is 33.6 Å². The minimum absolute atomic E-state index is 0.0841. The van der Waals surface area contributed by atoms with Gasteiger partial charge in [-0.2, -0.15) is 0 Å². The molecular weight excluding hydrogens is 260 g/mol. The van der Waals surface area contributed by atoms with E-state index in [0.29, 0.717) is 18.0 Å². The van der Waals surface area contributed by atoms with E-state index in [1.54, 1.807) is 0 Å². The zero-order valence-electron chi connectivity index (χ0n) is 13.4. The summed E-state index contributed by atoms with van der Waals surface area (Å²) in [6.07, 6.45) is 2.20. The van der Waals surface area contributed by atoms with Crippen LogP contribution < -0.4 is 5.73 Å². The standard InChI is InChI=1S/C18H26N2O/c1-4-15(5-2)14-20(6-3)18(21)17-11-7-9-16(13-17)10-8-12-19/h7,9,11,13,15H,4-6,12,14,19H2,1-3H3. The largest absolute Gasteiger partial charge is 0.339 e. The molecule has 0 aliphatic rings. The Morgan fingerprint density at radius 1 is 1.29 bits per heavy atom. The number of nitrogens with zero attached hydrogens (tertiary/aromatic N) is 1. The number of carbonyl (C=O) groups excluding carboxylic acids is 1. The fourth-order valence-corrected chi connectivity index (χ4v) is 2.28. The average molecular weight is 286 g/mol. The van der Waals surface area contributed by atoms with Gasteiger partial charge in [0.05, 0.1) is 6.54 Å². The van der Waals surface area contributed by atoms with Crippen molar-refractivity contribution in [3.05, 3.63) is 35.4 Å². The van der Waals surface area contributed by atoms with Gasteiger partial charge in [-0.25, -0.2) is 0 Å². The summed E-state index contributed by atoms with van der Waals surface area (Å²) in [6, 6.07) is 7.47. The van der Waals surface area contributed by atoms with Gasteiger partial charge in [-0.15, -0.1) is 0 Å². The third-order valence-electron chi connectivity index (χ3n) is 3.75. The molecule has 0 spiro atoms. The van der Waals surface area contributed by atoms with Gasteiger partial charge in [-0.1, -0.05) is 44.6 Å². The monoisotopic (exact) mass is 286 g/mol. The Labute approximate surface area is 128 Å². The highest BCUT2D eigenvalue weighted by Crippen LogP contribution is 2.13. The molecule has 0 saturated heterocycles. The highest BCUT2D eigenvalue weighted by Gasteiger charge is 2.17. The lowest BCUT2D eigenvalue weighted by molar-refractivity contribution is 0.0735. The Morgan fingerprint density at radius 2 is 2.00 bits per heavy atom. The summed E-state index contributed by atoms with van der Waals surface area (Å²) in [5.41, 5.74) is 6.92. The first-order valence-electron chi connectivity index (χ1n) is 7.74. The third-order valence-corrected chi connectivity index (χ3v) is 3.75. The van der Waals surface area contributed by atoms with Crippen molar-refractivity contribution < 1.29 is 4.79 Å². The summed E-state index contributed by atoms with van der Waals surface area (Å²) in [5, 5.41) is 0. The van der Waals surface area contributed by atoms with E-state index in [1.807, 2.05) is 36.1 Å². The Balaban J connectivity index is 2.89. The molecule has 0 fully saturated rings. The van der Waals surface area contributed by atoms with Crippen molar-refractivity contribution in [1.29, 1.82) is 0 Å². The molecule has 0 heterocycles. The molecule has 0 radical (unpaired) electrons. The second kappa shape index (κ2) is 9.20. The number of rotatable bonds is 6. The van der Waals surface area contributed by atoms with E-state index in [4.69, 9.17) is 5.73 Å². The van der Waals surface area contributed by atoms with Crippen LogP contribution >= 0.6 is 0 Å². The molecule has 0 unspecified atom stereocenters. The molecule has 3 nitrogen and oxygen atoms in total. The topological polar surface area (TPSA) is 46.3 Å². The van der Waals surface area contributed by atoms with E-state index in [0.717, 1.165) is 31.5 Å². The summed E-state index contributed by atoms with van der Waals surface area (Å²) in [4.78, 5) is 14.5. The molecule has 0 aliphatic heterocycles. The predicted octanol–water partition coefficient (Wildman–Crippen LogP) is 2.90. The number of hydrogen-bond acceptors (Lipinski definition) is 2. The van der Waals surface area contributed by atoms with E-state index in [9.17, 15) is 4.79 Å². The summed E-state index contributed by atoms with van der Waals surface area (Å²) in [7, 11) is 0. The molecule has 114 valence electrons. The molecule has 0 bridgehead atoms. The molecule has 1 amide bonds. The van der Waals surface area contributed by atoms with Crippen LogP contribution in [0.1, 0.15) is 49.5 Å². The van der Waals surface area contributed by atoms with Crippen molar-refractivity contribution in [2.24, 2.45) is 11.7 Å². The lowest BCUT2D eigenvalue weighted by Crippen LogP contribution is -2.35. The number of benzene rings is 1. The minimum atomic E-state index is 0.0841. The molecule has 0 aromatic heterocycles. The van der Waals surface area contributed by atoms with Gasteiger partial charge >= 0.3 is 0 Å². The molecule has 0 aliphatic carbocycles. The van der Waals surface area contributed by atoms with E-state index in [1.165, 1.54) is 0 Å². The van der Waals surface area contributed by atoms with Gasteiger partial charge in [-0.05, 0) is 31.0 Å². The summed E-state index contributed by atoms with van der Waals surface area (Å²) < 4.78 is 0. The third kappa shape index (κ3) is 5.24. The van der Waals surface area contributed by atoms with E-state index in [2.05, 4.69) is 25.7 Å². The summed E-state index contributed by atoms with van der Waals surface area (Å²) >= 11 is 0. The molecule has 0 saturated carbocycles. The van der Waals surface area contributed by atoms with Crippen LogP contribution in [0.5, 0.6) is 0 Å². The van der Waals surface area contributed by atoms with E-state index >= 15 is 0 Å². The lowest BCUT2D eigenvalue weighted by Gasteiger charge is -2.25. The molecule has 3 heteroatoms. The van der Waals surface area contributed by atoms with Gasteiger partial charge in [0.15, 0.2) is 0 Å². The van der Waals surface area contributed by atoms with Crippen LogP contribution in [0.3, 0.4) is 0 Å². The SMILES string of the molecule is CCC(CC)CN(CC)C(=O)c1cccc(C#CCN)c1. The molecule has 2 N–H and O–H groups in total. The number of amides is 1.